The first-order valence-electron chi connectivity index (χ1n) is 10.7. The number of benzene rings is 1. The highest BCUT2D eigenvalue weighted by Gasteiger charge is 2.30. The molecule has 0 unspecified atom stereocenters. The van der Waals surface area contributed by atoms with Crippen molar-refractivity contribution in [2.75, 3.05) is 40.9 Å². The van der Waals surface area contributed by atoms with Gasteiger partial charge in [0.05, 0.1) is 26.1 Å². The van der Waals surface area contributed by atoms with Crippen LogP contribution in [0.25, 0.3) is 22.5 Å². The molecule has 0 spiro atoms. The van der Waals surface area contributed by atoms with Crippen molar-refractivity contribution in [1.82, 2.24) is 19.6 Å². The number of fused-ring (bicyclic) bond motifs is 1. The van der Waals surface area contributed by atoms with Gasteiger partial charge in [0.15, 0.2) is 0 Å². The Balaban J connectivity index is 1.70. The summed E-state index contributed by atoms with van der Waals surface area (Å²) in [6.07, 6.45) is 2.27. The lowest BCUT2D eigenvalue weighted by Gasteiger charge is -2.22. The monoisotopic (exact) mass is 474 g/mol. The quantitative estimate of drug-likeness (QED) is 0.584. The van der Waals surface area contributed by atoms with E-state index >= 15 is 0 Å². The van der Waals surface area contributed by atoms with E-state index in [1.54, 1.807) is 18.3 Å². The fourth-order valence-corrected chi connectivity index (χ4v) is 3.98. The number of ether oxygens (including phenoxy) is 2. The average Bonchev–Trinajstić information content (AvgIpc) is 3.25. The van der Waals surface area contributed by atoms with Gasteiger partial charge >= 0.3 is 6.18 Å². The SMILES string of the molecule is COc1cc(-c2cnc3cc(C4=CCN(C)CC4)ccn23)cc(OC)c1C(=O)NCC(F)(F)F. The number of imidazole rings is 1. The van der Waals surface area contributed by atoms with Gasteiger partial charge in [-0.2, -0.15) is 13.2 Å². The first-order chi connectivity index (χ1) is 16.2. The Morgan fingerprint density at radius 1 is 1.15 bits per heavy atom. The number of nitrogens with one attached hydrogen (secondary N) is 1. The summed E-state index contributed by atoms with van der Waals surface area (Å²) in [4.78, 5) is 19.3. The van der Waals surface area contributed by atoms with Gasteiger partial charge in [-0.25, -0.2) is 4.98 Å². The molecular formula is C24H25F3N4O3. The summed E-state index contributed by atoms with van der Waals surface area (Å²) < 4.78 is 50.3. The van der Waals surface area contributed by atoms with Gasteiger partial charge in [-0.15, -0.1) is 0 Å². The molecule has 1 aliphatic rings. The molecule has 4 rings (SSSR count). The van der Waals surface area contributed by atoms with Crippen LogP contribution in [0, 0.1) is 0 Å². The molecule has 0 aliphatic carbocycles. The second-order valence-corrected chi connectivity index (χ2v) is 8.08. The van der Waals surface area contributed by atoms with E-state index in [1.807, 2.05) is 28.0 Å². The van der Waals surface area contributed by atoms with Gasteiger partial charge in [-0.1, -0.05) is 6.08 Å². The van der Waals surface area contributed by atoms with Crippen molar-refractivity contribution in [3.63, 3.8) is 0 Å². The minimum atomic E-state index is -4.53. The third-order valence-corrected chi connectivity index (χ3v) is 5.77. The standard InChI is InChI=1S/C24H25F3N4O3/c1-30-7-4-15(5-8-30)16-6-9-31-18(13-28-21(31)12-16)17-10-19(33-2)22(20(11-17)34-3)23(32)29-14-24(25,26)27/h4,6,9-13H,5,7-8,14H2,1-3H3,(H,29,32). The van der Waals surface area contributed by atoms with Gasteiger partial charge in [-0.05, 0) is 48.9 Å². The highest BCUT2D eigenvalue weighted by molar-refractivity contribution is 6.00. The van der Waals surface area contributed by atoms with E-state index in [1.165, 1.54) is 19.8 Å². The number of alkyl halides is 3. The summed E-state index contributed by atoms with van der Waals surface area (Å²) in [5.41, 5.74) is 4.39. The maximum Gasteiger partial charge on any atom is 0.405 e. The predicted molar refractivity (Wildman–Crippen MR) is 122 cm³/mol. The lowest BCUT2D eigenvalue weighted by molar-refractivity contribution is -0.123. The van der Waals surface area contributed by atoms with Crippen molar-refractivity contribution in [2.45, 2.75) is 12.6 Å². The number of carbonyl (C=O) groups is 1. The molecule has 1 aromatic carbocycles. The Labute approximate surface area is 194 Å². The van der Waals surface area contributed by atoms with Crippen LogP contribution in [0.2, 0.25) is 0 Å². The van der Waals surface area contributed by atoms with E-state index in [2.05, 4.69) is 23.0 Å². The third-order valence-electron chi connectivity index (χ3n) is 5.77. The minimum absolute atomic E-state index is 0.0945. The predicted octanol–water partition coefficient (Wildman–Crippen LogP) is 4.03. The molecule has 180 valence electrons. The van der Waals surface area contributed by atoms with Crippen LogP contribution in [0.5, 0.6) is 11.5 Å². The Bertz CT molecular complexity index is 1220. The fourth-order valence-electron chi connectivity index (χ4n) is 3.98. The number of aromatic nitrogens is 2. The van der Waals surface area contributed by atoms with Crippen LogP contribution in [0.4, 0.5) is 13.2 Å². The zero-order valence-corrected chi connectivity index (χ0v) is 19.1. The smallest absolute Gasteiger partial charge is 0.405 e. The molecule has 0 bridgehead atoms. The number of methoxy groups -OCH3 is 2. The zero-order chi connectivity index (χ0) is 24.5. The summed E-state index contributed by atoms with van der Waals surface area (Å²) in [7, 11) is 4.77. The number of halogens is 3. The van der Waals surface area contributed by atoms with E-state index in [-0.39, 0.29) is 17.1 Å². The molecule has 1 N–H and O–H groups in total. The Morgan fingerprint density at radius 2 is 1.85 bits per heavy atom. The number of amides is 1. The summed E-state index contributed by atoms with van der Waals surface area (Å²) in [5, 5.41) is 1.86. The second kappa shape index (κ2) is 9.38. The molecule has 0 atom stereocenters. The molecule has 3 aromatic rings. The van der Waals surface area contributed by atoms with E-state index < -0.39 is 18.6 Å². The van der Waals surface area contributed by atoms with Crippen molar-refractivity contribution in [1.29, 1.82) is 0 Å². The van der Waals surface area contributed by atoms with Crippen LogP contribution in [-0.4, -0.2) is 67.3 Å². The van der Waals surface area contributed by atoms with E-state index in [0.29, 0.717) is 5.56 Å². The summed E-state index contributed by atoms with van der Waals surface area (Å²) in [6.45, 7) is 0.448. The van der Waals surface area contributed by atoms with Crippen LogP contribution < -0.4 is 14.8 Å². The third kappa shape index (κ3) is 4.86. The highest BCUT2D eigenvalue weighted by atomic mass is 19.4. The van der Waals surface area contributed by atoms with Crippen LogP contribution in [-0.2, 0) is 0 Å². The minimum Gasteiger partial charge on any atom is -0.496 e. The number of pyridine rings is 1. The number of hydrogen-bond donors (Lipinski definition) is 1. The Morgan fingerprint density at radius 3 is 2.44 bits per heavy atom. The Kier molecular flexibility index (Phi) is 6.52. The summed E-state index contributed by atoms with van der Waals surface area (Å²) in [5.74, 6) is -0.749. The van der Waals surface area contributed by atoms with Gasteiger partial charge in [0.1, 0.15) is 29.3 Å². The van der Waals surface area contributed by atoms with E-state index in [0.717, 1.165) is 36.4 Å². The lowest BCUT2D eigenvalue weighted by atomic mass is 10.0. The van der Waals surface area contributed by atoms with Crippen LogP contribution in [0.15, 0.2) is 42.7 Å². The van der Waals surface area contributed by atoms with Crippen molar-refractivity contribution in [2.24, 2.45) is 0 Å². The fraction of sp³-hybridized carbons (Fsp3) is 0.333. The first-order valence-corrected chi connectivity index (χ1v) is 10.7. The molecule has 7 nitrogen and oxygen atoms in total. The van der Waals surface area contributed by atoms with Gasteiger partial charge in [0, 0.05) is 24.8 Å². The molecule has 0 fully saturated rings. The number of nitrogens with zero attached hydrogens (tertiary/aromatic N) is 3. The van der Waals surface area contributed by atoms with Gasteiger partial charge in [0.2, 0.25) is 0 Å². The first kappa shape index (κ1) is 23.6. The van der Waals surface area contributed by atoms with Crippen molar-refractivity contribution < 1.29 is 27.4 Å². The van der Waals surface area contributed by atoms with Gasteiger partial charge in [-0.3, -0.25) is 9.20 Å². The molecule has 2 aromatic heterocycles. The molecular weight excluding hydrogens is 449 g/mol. The maximum atomic E-state index is 12.6. The number of hydrogen-bond acceptors (Lipinski definition) is 5. The van der Waals surface area contributed by atoms with E-state index in [9.17, 15) is 18.0 Å². The van der Waals surface area contributed by atoms with Gasteiger partial charge < -0.3 is 19.7 Å². The van der Waals surface area contributed by atoms with Gasteiger partial charge in [0.25, 0.3) is 5.91 Å². The highest BCUT2D eigenvalue weighted by Crippen LogP contribution is 2.36. The van der Waals surface area contributed by atoms with Crippen LogP contribution in [0.1, 0.15) is 22.3 Å². The molecule has 0 saturated heterocycles. The molecule has 1 aliphatic heterocycles. The molecule has 1 amide bonds. The van der Waals surface area contributed by atoms with Crippen molar-refractivity contribution in [3.05, 3.63) is 53.9 Å². The zero-order valence-electron chi connectivity index (χ0n) is 19.1. The molecule has 34 heavy (non-hydrogen) atoms. The number of rotatable bonds is 6. The van der Waals surface area contributed by atoms with Crippen molar-refractivity contribution >= 4 is 17.1 Å². The summed E-state index contributed by atoms with van der Waals surface area (Å²) >= 11 is 0. The summed E-state index contributed by atoms with van der Waals surface area (Å²) in [6, 6.07) is 7.22. The Hall–Kier alpha value is -3.53. The lowest BCUT2D eigenvalue weighted by Crippen LogP contribution is -2.34. The van der Waals surface area contributed by atoms with Crippen molar-refractivity contribution in [3.8, 4) is 22.8 Å². The van der Waals surface area contributed by atoms with Crippen LogP contribution in [0.3, 0.4) is 0 Å². The average molecular weight is 474 g/mol. The molecule has 0 saturated carbocycles. The van der Waals surface area contributed by atoms with Crippen LogP contribution >= 0.6 is 0 Å². The molecule has 0 radical (unpaired) electrons. The topological polar surface area (TPSA) is 68.1 Å². The normalized spacial score (nSPS) is 14.7. The largest absolute Gasteiger partial charge is 0.496 e. The van der Waals surface area contributed by atoms with E-state index in [4.69, 9.17) is 9.47 Å². The molecule has 3 heterocycles. The second-order valence-electron chi connectivity index (χ2n) is 8.08. The number of carbonyl (C=O) groups excluding carboxylic acids is 1. The molecule has 10 heteroatoms. The number of likely N-dealkylation sites (N-methyl/N-ethyl adjacent to an activating group) is 1. The maximum absolute atomic E-state index is 12.6.